The summed E-state index contributed by atoms with van der Waals surface area (Å²) in [6.45, 7) is 6.23. The summed E-state index contributed by atoms with van der Waals surface area (Å²) in [5.74, 6) is -1.37. The summed E-state index contributed by atoms with van der Waals surface area (Å²) in [5, 5.41) is 8.78. The first-order chi connectivity index (χ1) is 26.6. The summed E-state index contributed by atoms with van der Waals surface area (Å²) >= 11 is 8.36. The molecule has 0 bridgehead atoms. The van der Waals surface area contributed by atoms with Gasteiger partial charge in [-0.2, -0.15) is 0 Å². The molecule has 0 spiro atoms. The Kier molecular flexibility index (Phi) is 15.8. The van der Waals surface area contributed by atoms with Gasteiger partial charge in [-0.25, -0.2) is 4.98 Å². The second-order valence-corrected chi connectivity index (χ2v) is 15.3. The highest BCUT2D eigenvalue weighted by atomic mass is 35.5. The third-order valence-electron chi connectivity index (χ3n) is 9.98. The third-order valence-corrected chi connectivity index (χ3v) is 11.7. The van der Waals surface area contributed by atoms with Crippen molar-refractivity contribution in [1.29, 1.82) is 0 Å². The number of pyridine rings is 1. The predicted molar refractivity (Wildman–Crippen MR) is 219 cm³/mol. The molecule has 2 aromatic carbocycles. The number of unbranched alkanes of at least 4 members (excludes halogenated alkanes) is 1. The van der Waals surface area contributed by atoms with E-state index in [2.05, 4.69) is 31.6 Å². The number of nitrogens with one attached hydrogen (secondary N) is 3. The first kappa shape index (κ1) is 42.0. The zero-order chi connectivity index (χ0) is 39.3. The predicted octanol–water partition coefficient (Wildman–Crippen LogP) is 3.88. The lowest BCUT2D eigenvalue weighted by Crippen LogP contribution is -2.56. The number of primary amides is 1. The number of hydrogen-bond donors (Lipinski definition) is 6. The maximum Gasteiger partial charge on any atom is 0.245 e. The van der Waals surface area contributed by atoms with Crippen molar-refractivity contribution < 1.29 is 19.1 Å². The first-order valence-electron chi connectivity index (χ1n) is 18.9. The van der Waals surface area contributed by atoms with Gasteiger partial charge in [-0.15, -0.1) is 0 Å². The average molecular weight is 792 g/mol. The minimum Gasteiger partial charge on any atom is -0.378 e. The largest absolute Gasteiger partial charge is 0.378 e. The summed E-state index contributed by atoms with van der Waals surface area (Å²) < 4.78 is 5.51. The van der Waals surface area contributed by atoms with Gasteiger partial charge in [0.1, 0.15) is 17.1 Å². The smallest absolute Gasteiger partial charge is 0.245 e. The van der Waals surface area contributed by atoms with Gasteiger partial charge in [0.25, 0.3) is 0 Å². The molecule has 2 aromatic heterocycles. The van der Waals surface area contributed by atoms with Crippen molar-refractivity contribution in [3.8, 4) is 0 Å². The number of likely N-dealkylation sites (N-methyl/N-ethyl adjacent to an activating group) is 1. The zero-order valence-electron chi connectivity index (χ0n) is 31.7. The fraction of sp³-hybridized carbons (Fsp3) is 0.450. The van der Waals surface area contributed by atoms with Crippen molar-refractivity contribution in [2.24, 2.45) is 17.2 Å². The van der Waals surface area contributed by atoms with Gasteiger partial charge in [-0.1, -0.05) is 47.6 Å². The Hall–Kier alpha value is -4.18. The van der Waals surface area contributed by atoms with Crippen LogP contribution in [0, 0.1) is 6.92 Å². The van der Waals surface area contributed by atoms with Gasteiger partial charge >= 0.3 is 0 Å². The fourth-order valence-corrected chi connectivity index (χ4v) is 8.16. The van der Waals surface area contributed by atoms with E-state index in [-0.39, 0.29) is 12.3 Å². The molecule has 0 unspecified atom stereocenters. The minimum absolute atomic E-state index is 0.222. The van der Waals surface area contributed by atoms with Crippen LogP contribution in [-0.2, 0) is 32.1 Å². The highest BCUT2D eigenvalue weighted by Crippen LogP contribution is 2.39. The number of aromatic nitrogens is 2. The van der Waals surface area contributed by atoms with Crippen LogP contribution in [0.4, 0.5) is 5.69 Å². The number of halogens is 1. The zero-order valence-corrected chi connectivity index (χ0v) is 33.3. The molecule has 4 aromatic rings. The highest BCUT2D eigenvalue weighted by molar-refractivity contribution is 7.99. The number of H-pyrrole nitrogens is 1. The van der Waals surface area contributed by atoms with Gasteiger partial charge in [0.05, 0.1) is 24.3 Å². The van der Waals surface area contributed by atoms with Crippen LogP contribution in [0.5, 0.6) is 0 Å². The molecule has 0 radical (unpaired) electrons. The van der Waals surface area contributed by atoms with Gasteiger partial charge in [-0.05, 0) is 93.1 Å². The van der Waals surface area contributed by atoms with E-state index in [0.29, 0.717) is 70.0 Å². The highest BCUT2D eigenvalue weighted by Gasteiger charge is 2.33. The molecule has 1 aliphatic heterocycles. The number of rotatable bonds is 20. The maximum absolute atomic E-state index is 14.1. The Morgan fingerprint density at radius 3 is 2.49 bits per heavy atom. The van der Waals surface area contributed by atoms with E-state index < -0.39 is 29.9 Å². The Balaban J connectivity index is 1.29. The van der Waals surface area contributed by atoms with E-state index >= 15 is 0 Å². The van der Waals surface area contributed by atoms with Crippen LogP contribution < -0.4 is 32.7 Å². The number of ether oxygens (including phenoxy) is 1. The molecule has 13 nitrogen and oxygen atoms in total. The average Bonchev–Trinajstić information content (AvgIpc) is 3.60. The quantitative estimate of drug-likeness (QED) is 0.0715. The van der Waals surface area contributed by atoms with E-state index in [4.69, 9.17) is 33.5 Å². The second kappa shape index (κ2) is 20.7. The Morgan fingerprint density at radius 1 is 1.02 bits per heavy atom. The molecular formula is C40H54ClN9O4S. The number of carbonyl (C=O) groups excluding carboxylic acids is 3. The summed E-state index contributed by atoms with van der Waals surface area (Å²) in [6.07, 6.45) is 6.46. The number of carbonyl (C=O) groups is 3. The number of anilines is 1. The lowest BCUT2D eigenvalue weighted by molar-refractivity contribution is -0.141. The molecule has 15 heteroatoms. The van der Waals surface area contributed by atoms with Crippen molar-refractivity contribution in [2.45, 2.75) is 80.0 Å². The van der Waals surface area contributed by atoms with Crippen LogP contribution in [0.25, 0.3) is 10.9 Å². The van der Waals surface area contributed by atoms with Gasteiger partial charge in [-0.3, -0.25) is 14.4 Å². The van der Waals surface area contributed by atoms with Crippen molar-refractivity contribution in [1.82, 2.24) is 25.5 Å². The molecule has 0 aliphatic carbocycles. The molecule has 1 fully saturated rings. The molecule has 0 saturated carbocycles. The molecule has 3 heterocycles. The van der Waals surface area contributed by atoms with E-state index in [0.717, 1.165) is 56.3 Å². The van der Waals surface area contributed by atoms with Crippen LogP contribution in [0.3, 0.4) is 0 Å². The number of morpholine rings is 1. The van der Waals surface area contributed by atoms with E-state index in [1.54, 1.807) is 13.2 Å². The first-order valence-corrected chi connectivity index (χ1v) is 20.1. The van der Waals surface area contributed by atoms with Crippen LogP contribution in [0.15, 0.2) is 70.8 Å². The molecule has 1 saturated heterocycles. The van der Waals surface area contributed by atoms with Gasteiger partial charge in [0.2, 0.25) is 17.7 Å². The molecule has 55 heavy (non-hydrogen) atoms. The Morgan fingerprint density at radius 2 is 1.76 bits per heavy atom. The lowest BCUT2D eigenvalue weighted by Gasteiger charge is -2.31. The van der Waals surface area contributed by atoms with Gasteiger partial charge in [0, 0.05) is 67.0 Å². The second-order valence-electron chi connectivity index (χ2n) is 13.9. The Labute approximate surface area is 332 Å². The number of nitrogens with two attached hydrogens (primary N) is 3. The topological polar surface area (TPSA) is 198 Å². The summed E-state index contributed by atoms with van der Waals surface area (Å²) in [4.78, 5) is 53.4. The molecule has 3 amide bonds. The van der Waals surface area contributed by atoms with Crippen molar-refractivity contribution in [3.05, 3.63) is 82.6 Å². The van der Waals surface area contributed by atoms with E-state index in [1.807, 2.05) is 55.6 Å². The molecule has 1 aliphatic rings. The van der Waals surface area contributed by atoms with Crippen LogP contribution in [0.2, 0.25) is 5.02 Å². The van der Waals surface area contributed by atoms with Crippen molar-refractivity contribution in [3.63, 3.8) is 0 Å². The lowest BCUT2D eigenvalue weighted by atomic mass is 10.0. The number of benzene rings is 2. The number of amides is 3. The SMILES string of the molecule is Cc1cc(N2CCOCC2)cc(Cl)c1Sc1ncccc1CN[C@@H](CCCN)C(=O)N[C@@H](CCCCN)C(=O)N(C)[C@@H](Cc1c[nH]c2ccccc12)C(N)=O. The number of aromatic amines is 1. The fourth-order valence-electron chi connectivity index (χ4n) is 6.83. The monoisotopic (exact) mass is 791 g/mol. The maximum atomic E-state index is 14.1. The summed E-state index contributed by atoms with van der Waals surface area (Å²) in [5.41, 5.74) is 22.3. The number of aryl methyl sites for hydroxylation is 1. The van der Waals surface area contributed by atoms with Crippen LogP contribution in [-0.4, -0.2) is 97.2 Å². The van der Waals surface area contributed by atoms with Crippen LogP contribution >= 0.6 is 23.4 Å². The normalized spacial score (nSPS) is 14.7. The third kappa shape index (κ3) is 11.2. The molecule has 5 rings (SSSR count). The number of fused-ring (bicyclic) bond motifs is 1. The van der Waals surface area contributed by atoms with E-state index in [1.165, 1.54) is 16.7 Å². The molecule has 296 valence electrons. The Bertz CT molecular complexity index is 1880. The van der Waals surface area contributed by atoms with Crippen LogP contribution in [0.1, 0.15) is 48.8 Å². The van der Waals surface area contributed by atoms with Gasteiger partial charge < -0.3 is 47.4 Å². The molecule has 9 N–H and O–H groups in total. The standard InChI is InChI=1S/C40H54ClN9O4S/c1-26-21-29(50-17-19-54-20-18-50)23-31(41)36(26)55-39-27(9-8-16-45-39)24-47-33(13-7-15-43)38(52)48-34(12-5-6-14-42)40(53)49(2)35(37(44)51)22-28-25-46-32-11-4-3-10-30(28)32/h3-4,8-11,16,21,23,25,33-35,46-47H,5-7,12-15,17-20,22,24,42-43H2,1-2H3,(H2,44,51)(H,48,52)/t33-,34-,35-/m0/s1. The van der Waals surface area contributed by atoms with E-state index in [9.17, 15) is 14.4 Å². The van der Waals surface area contributed by atoms with Gasteiger partial charge in [0.15, 0.2) is 0 Å². The molecular weight excluding hydrogens is 738 g/mol. The number of hydrogen-bond acceptors (Lipinski definition) is 10. The minimum atomic E-state index is -0.930. The summed E-state index contributed by atoms with van der Waals surface area (Å²) in [6, 6.07) is 13.2. The molecule has 3 atom stereocenters. The van der Waals surface area contributed by atoms with Crippen molar-refractivity contribution >= 4 is 57.7 Å². The van der Waals surface area contributed by atoms with Crippen molar-refractivity contribution in [2.75, 3.05) is 51.3 Å². The number of para-hydroxylation sites is 1. The summed E-state index contributed by atoms with van der Waals surface area (Å²) in [7, 11) is 1.56. The number of nitrogens with zero attached hydrogens (tertiary/aromatic N) is 3.